The van der Waals surface area contributed by atoms with Gasteiger partial charge in [0.15, 0.2) is 0 Å². The van der Waals surface area contributed by atoms with Gasteiger partial charge in [0.2, 0.25) is 11.8 Å². The monoisotopic (exact) mass is 358 g/mol. The van der Waals surface area contributed by atoms with Gasteiger partial charge in [-0.15, -0.1) is 0 Å². The van der Waals surface area contributed by atoms with Crippen LogP contribution in [0.25, 0.3) is 0 Å². The second kappa shape index (κ2) is 8.12. The summed E-state index contributed by atoms with van der Waals surface area (Å²) in [5.74, 6) is -0.743. The number of benzene rings is 1. The molecule has 1 aliphatic rings. The molecule has 7 heteroatoms. The number of likely N-dealkylation sites (tertiary alicyclic amines) is 1. The Labute approximate surface area is 152 Å². The molecule has 0 aliphatic carbocycles. The lowest BCUT2D eigenvalue weighted by atomic mass is 9.84. The molecule has 0 spiro atoms. The molecule has 2 amide bonds. The number of carbonyl (C=O) groups is 2. The molecule has 138 valence electrons. The maximum Gasteiger partial charge on any atom is 0.225 e. The quantitative estimate of drug-likeness (QED) is 0.805. The maximum absolute atomic E-state index is 13.2. The van der Waals surface area contributed by atoms with E-state index in [2.05, 4.69) is 10.4 Å². The standard InChI is InChI=1S/C19H23FN4O2/c1-23-17(25)9-8-16(18(23)14-4-6-15(20)7-5-14)19(26)21-10-2-12-24-13-3-11-22-24/h3-7,11,13,16,18H,2,8-10,12H2,1H3,(H,21,26)/t16-,18-/m0/s1. The van der Waals surface area contributed by atoms with Crippen LogP contribution < -0.4 is 5.32 Å². The Morgan fingerprint density at radius 3 is 2.81 bits per heavy atom. The summed E-state index contributed by atoms with van der Waals surface area (Å²) in [6.45, 7) is 1.28. The van der Waals surface area contributed by atoms with Gasteiger partial charge >= 0.3 is 0 Å². The van der Waals surface area contributed by atoms with E-state index in [-0.39, 0.29) is 29.6 Å². The molecule has 0 radical (unpaired) electrons. The summed E-state index contributed by atoms with van der Waals surface area (Å²) < 4.78 is 15.1. The second-order valence-corrected chi connectivity index (χ2v) is 6.56. The molecule has 3 rings (SSSR count). The Morgan fingerprint density at radius 1 is 1.35 bits per heavy atom. The molecule has 2 heterocycles. The molecule has 0 bridgehead atoms. The van der Waals surface area contributed by atoms with Crippen molar-refractivity contribution in [2.24, 2.45) is 5.92 Å². The van der Waals surface area contributed by atoms with Gasteiger partial charge in [-0.3, -0.25) is 14.3 Å². The summed E-state index contributed by atoms with van der Waals surface area (Å²) in [6, 6.07) is 7.51. The lowest BCUT2D eigenvalue weighted by molar-refractivity contribution is -0.141. The summed E-state index contributed by atoms with van der Waals surface area (Å²) in [7, 11) is 1.70. The molecular weight excluding hydrogens is 335 g/mol. The molecule has 6 nitrogen and oxygen atoms in total. The number of amides is 2. The second-order valence-electron chi connectivity index (χ2n) is 6.56. The first kappa shape index (κ1) is 18.1. The number of nitrogens with zero attached hydrogens (tertiary/aromatic N) is 3. The van der Waals surface area contributed by atoms with Gasteiger partial charge in [-0.25, -0.2) is 4.39 Å². The molecule has 1 aromatic heterocycles. The van der Waals surface area contributed by atoms with Crippen LogP contribution in [0.4, 0.5) is 4.39 Å². The van der Waals surface area contributed by atoms with Crippen LogP contribution in [0.5, 0.6) is 0 Å². The van der Waals surface area contributed by atoms with Gasteiger partial charge in [-0.05, 0) is 36.6 Å². The Hall–Kier alpha value is -2.70. The van der Waals surface area contributed by atoms with Gasteiger partial charge in [-0.1, -0.05) is 12.1 Å². The zero-order valence-corrected chi connectivity index (χ0v) is 14.8. The van der Waals surface area contributed by atoms with E-state index in [0.29, 0.717) is 19.4 Å². The number of nitrogens with one attached hydrogen (secondary N) is 1. The highest BCUT2D eigenvalue weighted by Crippen LogP contribution is 2.35. The van der Waals surface area contributed by atoms with Crippen LogP contribution in [0.1, 0.15) is 30.9 Å². The number of hydrogen-bond acceptors (Lipinski definition) is 3. The lowest BCUT2D eigenvalue weighted by Gasteiger charge is -2.38. The molecule has 1 N–H and O–H groups in total. The van der Waals surface area contributed by atoms with E-state index in [9.17, 15) is 14.0 Å². The molecule has 1 aromatic carbocycles. The van der Waals surface area contributed by atoms with Crippen LogP contribution in [0, 0.1) is 11.7 Å². The SMILES string of the molecule is CN1C(=O)CC[C@H](C(=O)NCCCn2cccn2)[C@@H]1c1ccc(F)cc1. The van der Waals surface area contributed by atoms with Crippen molar-refractivity contribution in [2.45, 2.75) is 31.8 Å². The summed E-state index contributed by atoms with van der Waals surface area (Å²) in [5, 5.41) is 7.10. The number of halogens is 1. The third kappa shape index (κ3) is 4.09. The van der Waals surface area contributed by atoms with E-state index in [1.54, 1.807) is 30.3 Å². The fourth-order valence-corrected chi connectivity index (χ4v) is 3.45. The van der Waals surface area contributed by atoms with Crippen LogP contribution in [-0.2, 0) is 16.1 Å². The summed E-state index contributed by atoms with van der Waals surface area (Å²) in [4.78, 5) is 26.4. The van der Waals surface area contributed by atoms with Crippen molar-refractivity contribution < 1.29 is 14.0 Å². The topological polar surface area (TPSA) is 67.2 Å². The van der Waals surface area contributed by atoms with E-state index in [4.69, 9.17) is 0 Å². The minimum Gasteiger partial charge on any atom is -0.356 e. The van der Waals surface area contributed by atoms with Gasteiger partial charge in [0.25, 0.3) is 0 Å². The van der Waals surface area contributed by atoms with Gasteiger partial charge in [-0.2, -0.15) is 5.10 Å². The fraction of sp³-hybridized carbons (Fsp3) is 0.421. The van der Waals surface area contributed by atoms with Gasteiger partial charge in [0.1, 0.15) is 5.82 Å². The maximum atomic E-state index is 13.2. The van der Waals surface area contributed by atoms with Crippen molar-refractivity contribution in [3.63, 3.8) is 0 Å². The third-order valence-corrected chi connectivity index (χ3v) is 4.83. The Balaban J connectivity index is 1.63. The molecule has 0 unspecified atom stereocenters. The number of rotatable bonds is 6. The molecule has 1 fully saturated rings. The number of hydrogen-bond donors (Lipinski definition) is 1. The van der Waals surface area contributed by atoms with Crippen LogP contribution in [0.15, 0.2) is 42.7 Å². The first-order chi connectivity index (χ1) is 12.6. The van der Waals surface area contributed by atoms with E-state index in [1.165, 1.54) is 12.1 Å². The zero-order chi connectivity index (χ0) is 18.5. The molecular formula is C19H23FN4O2. The van der Waals surface area contributed by atoms with Crippen LogP contribution >= 0.6 is 0 Å². The molecule has 1 saturated heterocycles. The predicted octanol–water partition coefficient (Wildman–Crippen LogP) is 2.14. The number of piperidine rings is 1. The third-order valence-electron chi connectivity index (χ3n) is 4.83. The first-order valence-corrected chi connectivity index (χ1v) is 8.82. The van der Waals surface area contributed by atoms with Crippen LogP contribution in [0.2, 0.25) is 0 Å². The summed E-state index contributed by atoms with van der Waals surface area (Å²) >= 11 is 0. The Morgan fingerprint density at radius 2 is 2.12 bits per heavy atom. The highest BCUT2D eigenvalue weighted by atomic mass is 19.1. The molecule has 2 aromatic rings. The van der Waals surface area contributed by atoms with Crippen molar-refractivity contribution >= 4 is 11.8 Å². The average Bonchev–Trinajstić information content (AvgIpc) is 3.15. The predicted molar refractivity (Wildman–Crippen MR) is 94.5 cm³/mol. The number of aryl methyl sites for hydroxylation is 1. The molecule has 26 heavy (non-hydrogen) atoms. The van der Waals surface area contributed by atoms with E-state index in [1.807, 2.05) is 16.9 Å². The number of carbonyl (C=O) groups excluding carboxylic acids is 2. The van der Waals surface area contributed by atoms with Gasteiger partial charge in [0.05, 0.1) is 12.0 Å². The lowest BCUT2D eigenvalue weighted by Crippen LogP contribution is -2.46. The number of aromatic nitrogens is 2. The highest BCUT2D eigenvalue weighted by molar-refractivity contribution is 5.84. The first-order valence-electron chi connectivity index (χ1n) is 8.82. The van der Waals surface area contributed by atoms with Crippen molar-refractivity contribution in [1.29, 1.82) is 0 Å². The van der Waals surface area contributed by atoms with E-state index < -0.39 is 0 Å². The highest BCUT2D eigenvalue weighted by Gasteiger charge is 2.38. The van der Waals surface area contributed by atoms with Crippen molar-refractivity contribution in [3.05, 3.63) is 54.1 Å². The average molecular weight is 358 g/mol. The zero-order valence-electron chi connectivity index (χ0n) is 14.8. The van der Waals surface area contributed by atoms with Crippen LogP contribution in [0.3, 0.4) is 0 Å². The van der Waals surface area contributed by atoms with Crippen molar-refractivity contribution in [2.75, 3.05) is 13.6 Å². The normalized spacial score (nSPS) is 20.2. The fourth-order valence-electron chi connectivity index (χ4n) is 3.45. The molecule has 0 saturated carbocycles. The Bertz CT molecular complexity index is 745. The minimum atomic E-state index is -0.372. The van der Waals surface area contributed by atoms with Crippen molar-refractivity contribution in [3.8, 4) is 0 Å². The van der Waals surface area contributed by atoms with Crippen LogP contribution in [-0.4, -0.2) is 40.1 Å². The van der Waals surface area contributed by atoms with E-state index in [0.717, 1.165) is 18.5 Å². The summed E-state index contributed by atoms with van der Waals surface area (Å²) in [6.07, 6.45) is 5.22. The largest absolute Gasteiger partial charge is 0.356 e. The Kier molecular flexibility index (Phi) is 5.65. The molecule has 1 aliphatic heterocycles. The summed E-state index contributed by atoms with van der Waals surface area (Å²) in [5.41, 5.74) is 0.777. The van der Waals surface area contributed by atoms with Gasteiger partial charge in [0, 0.05) is 39.0 Å². The van der Waals surface area contributed by atoms with Gasteiger partial charge < -0.3 is 10.2 Å². The smallest absolute Gasteiger partial charge is 0.225 e. The minimum absolute atomic E-state index is 0.00190. The molecule has 2 atom stereocenters. The van der Waals surface area contributed by atoms with Crippen molar-refractivity contribution in [1.82, 2.24) is 20.0 Å². The van der Waals surface area contributed by atoms with E-state index >= 15 is 0 Å².